The summed E-state index contributed by atoms with van der Waals surface area (Å²) in [4.78, 5) is 12.1. The van der Waals surface area contributed by atoms with Crippen LogP contribution in [0.25, 0.3) is 0 Å². The van der Waals surface area contributed by atoms with Crippen molar-refractivity contribution < 1.29 is 4.79 Å². The fourth-order valence-electron chi connectivity index (χ4n) is 2.83. The fraction of sp³-hybridized carbons (Fsp3) is 0.692. The molecular weight excluding hydrogens is 214 g/mol. The Hall–Kier alpha value is -1.16. The van der Waals surface area contributed by atoms with Crippen LogP contribution in [-0.2, 0) is 18.3 Å². The molecule has 1 fully saturated rings. The Morgan fingerprint density at radius 1 is 1.59 bits per heavy atom. The van der Waals surface area contributed by atoms with Crippen molar-refractivity contribution in [1.82, 2.24) is 9.78 Å². The molecule has 1 heterocycles. The lowest BCUT2D eigenvalue weighted by Crippen LogP contribution is -2.25. The lowest BCUT2D eigenvalue weighted by atomic mass is 9.89. The number of nitrogens with two attached hydrogens (primary N) is 1. The molecule has 2 unspecified atom stereocenters. The minimum Gasteiger partial charge on any atom is -0.330 e. The van der Waals surface area contributed by atoms with Crippen LogP contribution in [0.4, 0.5) is 0 Å². The largest absolute Gasteiger partial charge is 0.330 e. The Kier molecular flexibility index (Phi) is 3.94. The van der Waals surface area contributed by atoms with Crippen LogP contribution in [-0.4, -0.2) is 22.1 Å². The Morgan fingerprint density at radius 2 is 2.41 bits per heavy atom. The maximum Gasteiger partial charge on any atom is 0.136 e. The standard InChI is InChI=1S/C13H21N3O/c1-16-11(7-8-15-16)5-6-13(17)12-4-2-3-10(12)9-14/h7-8,10,12H,2-6,9,14H2,1H3. The predicted molar refractivity (Wildman–Crippen MR) is 66.4 cm³/mol. The number of carbonyl (C=O) groups is 1. The number of hydrogen-bond donors (Lipinski definition) is 1. The van der Waals surface area contributed by atoms with Gasteiger partial charge in [0.05, 0.1) is 0 Å². The van der Waals surface area contributed by atoms with Gasteiger partial charge in [0.2, 0.25) is 0 Å². The van der Waals surface area contributed by atoms with Crippen LogP contribution in [0.15, 0.2) is 12.3 Å². The zero-order valence-electron chi connectivity index (χ0n) is 10.4. The molecule has 0 saturated heterocycles. The molecule has 1 aromatic rings. The molecule has 2 rings (SSSR count). The van der Waals surface area contributed by atoms with Crippen molar-refractivity contribution in [2.45, 2.75) is 32.1 Å². The van der Waals surface area contributed by atoms with E-state index in [4.69, 9.17) is 5.73 Å². The third-order valence-electron chi connectivity index (χ3n) is 3.93. The van der Waals surface area contributed by atoms with E-state index in [1.807, 2.05) is 17.8 Å². The Labute approximate surface area is 102 Å². The van der Waals surface area contributed by atoms with Crippen LogP contribution in [0.5, 0.6) is 0 Å². The van der Waals surface area contributed by atoms with Crippen LogP contribution < -0.4 is 5.73 Å². The van der Waals surface area contributed by atoms with E-state index in [2.05, 4.69) is 5.10 Å². The number of nitrogens with zero attached hydrogens (tertiary/aromatic N) is 2. The smallest absolute Gasteiger partial charge is 0.136 e. The van der Waals surface area contributed by atoms with E-state index in [-0.39, 0.29) is 5.92 Å². The SMILES string of the molecule is Cn1nccc1CCC(=O)C1CCCC1CN. The van der Waals surface area contributed by atoms with Crippen LogP contribution in [0.1, 0.15) is 31.4 Å². The molecule has 1 aliphatic carbocycles. The molecule has 1 aliphatic rings. The molecule has 2 atom stereocenters. The highest BCUT2D eigenvalue weighted by atomic mass is 16.1. The van der Waals surface area contributed by atoms with Gasteiger partial charge in [-0.15, -0.1) is 0 Å². The van der Waals surface area contributed by atoms with Gasteiger partial charge in [0, 0.05) is 31.3 Å². The number of aryl methyl sites for hydroxylation is 2. The monoisotopic (exact) mass is 235 g/mol. The summed E-state index contributed by atoms with van der Waals surface area (Å²) in [5, 5.41) is 4.11. The molecule has 4 heteroatoms. The summed E-state index contributed by atoms with van der Waals surface area (Å²) in [6.07, 6.45) is 6.51. The second kappa shape index (κ2) is 5.45. The number of ketones is 1. The molecule has 0 amide bonds. The first-order valence-corrected chi connectivity index (χ1v) is 6.42. The molecule has 94 valence electrons. The normalized spacial score (nSPS) is 24.1. The summed E-state index contributed by atoms with van der Waals surface area (Å²) in [6, 6.07) is 1.97. The van der Waals surface area contributed by atoms with Gasteiger partial charge < -0.3 is 5.73 Å². The number of hydrogen-bond acceptors (Lipinski definition) is 3. The topological polar surface area (TPSA) is 60.9 Å². The minimum atomic E-state index is 0.216. The first kappa shape index (κ1) is 12.3. The van der Waals surface area contributed by atoms with Gasteiger partial charge in [-0.05, 0) is 37.8 Å². The Morgan fingerprint density at radius 3 is 3.06 bits per heavy atom. The zero-order chi connectivity index (χ0) is 12.3. The molecule has 4 nitrogen and oxygen atoms in total. The Bertz CT molecular complexity index is 386. The molecule has 17 heavy (non-hydrogen) atoms. The average molecular weight is 235 g/mol. The highest BCUT2D eigenvalue weighted by Gasteiger charge is 2.31. The third kappa shape index (κ3) is 2.75. The second-order valence-corrected chi connectivity index (χ2v) is 4.95. The van der Waals surface area contributed by atoms with Gasteiger partial charge in [0.25, 0.3) is 0 Å². The summed E-state index contributed by atoms with van der Waals surface area (Å²) in [5.41, 5.74) is 6.84. The fourth-order valence-corrected chi connectivity index (χ4v) is 2.83. The van der Waals surface area contributed by atoms with Crippen molar-refractivity contribution in [3.63, 3.8) is 0 Å². The molecule has 2 N–H and O–H groups in total. The summed E-state index contributed by atoms with van der Waals surface area (Å²) in [6.45, 7) is 0.655. The van der Waals surface area contributed by atoms with Crippen molar-refractivity contribution in [2.75, 3.05) is 6.54 Å². The van der Waals surface area contributed by atoms with Gasteiger partial charge >= 0.3 is 0 Å². The Balaban J connectivity index is 1.87. The zero-order valence-corrected chi connectivity index (χ0v) is 10.4. The first-order valence-electron chi connectivity index (χ1n) is 6.42. The number of rotatable bonds is 5. The van der Waals surface area contributed by atoms with Crippen LogP contribution >= 0.6 is 0 Å². The van der Waals surface area contributed by atoms with E-state index in [9.17, 15) is 4.79 Å². The van der Waals surface area contributed by atoms with E-state index in [1.54, 1.807) is 6.20 Å². The maximum atomic E-state index is 12.1. The van der Waals surface area contributed by atoms with E-state index >= 15 is 0 Å². The maximum absolute atomic E-state index is 12.1. The summed E-state index contributed by atoms with van der Waals surface area (Å²) in [7, 11) is 1.91. The van der Waals surface area contributed by atoms with Gasteiger partial charge in [-0.25, -0.2) is 0 Å². The van der Waals surface area contributed by atoms with Crippen molar-refractivity contribution >= 4 is 5.78 Å². The second-order valence-electron chi connectivity index (χ2n) is 4.95. The van der Waals surface area contributed by atoms with Crippen LogP contribution in [0.3, 0.4) is 0 Å². The lowest BCUT2D eigenvalue weighted by Gasteiger charge is -2.16. The molecule has 1 saturated carbocycles. The highest BCUT2D eigenvalue weighted by molar-refractivity contribution is 5.81. The number of aromatic nitrogens is 2. The number of carbonyl (C=O) groups excluding carboxylic acids is 1. The molecule has 0 radical (unpaired) electrons. The molecule has 0 bridgehead atoms. The molecule has 0 aromatic carbocycles. The van der Waals surface area contributed by atoms with Crippen molar-refractivity contribution in [1.29, 1.82) is 0 Å². The first-order chi connectivity index (χ1) is 8.22. The van der Waals surface area contributed by atoms with Gasteiger partial charge in [0.1, 0.15) is 5.78 Å². The average Bonchev–Trinajstić information content (AvgIpc) is 2.94. The third-order valence-corrected chi connectivity index (χ3v) is 3.93. The van der Waals surface area contributed by atoms with Crippen molar-refractivity contribution in [3.8, 4) is 0 Å². The molecule has 1 aromatic heterocycles. The summed E-state index contributed by atoms with van der Waals surface area (Å²) >= 11 is 0. The van der Waals surface area contributed by atoms with Crippen molar-refractivity contribution in [3.05, 3.63) is 18.0 Å². The van der Waals surface area contributed by atoms with Crippen molar-refractivity contribution in [2.24, 2.45) is 24.6 Å². The van der Waals surface area contributed by atoms with Crippen LogP contribution in [0.2, 0.25) is 0 Å². The molecular formula is C13H21N3O. The molecule has 0 aliphatic heterocycles. The van der Waals surface area contributed by atoms with E-state index in [0.29, 0.717) is 24.7 Å². The van der Waals surface area contributed by atoms with Gasteiger partial charge in [-0.2, -0.15) is 5.10 Å². The number of Topliss-reactive ketones (excluding diaryl/α,β-unsaturated/α-hetero) is 1. The minimum absolute atomic E-state index is 0.216. The van der Waals surface area contributed by atoms with Gasteiger partial charge in [-0.3, -0.25) is 9.48 Å². The van der Waals surface area contributed by atoms with E-state index in [1.165, 1.54) is 0 Å². The van der Waals surface area contributed by atoms with Crippen LogP contribution in [0, 0.1) is 11.8 Å². The van der Waals surface area contributed by atoms with Gasteiger partial charge in [-0.1, -0.05) is 6.42 Å². The predicted octanol–water partition coefficient (Wildman–Crippen LogP) is 1.30. The van der Waals surface area contributed by atoms with E-state index in [0.717, 1.165) is 31.4 Å². The van der Waals surface area contributed by atoms with E-state index < -0.39 is 0 Å². The quantitative estimate of drug-likeness (QED) is 0.836. The highest BCUT2D eigenvalue weighted by Crippen LogP contribution is 2.32. The van der Waals surface area contributed by atoms with Gasteiger partial charge in [0.15, 0.2) is 0 Å². The summed E-state index contributed by atoms with van der Waals surface area (Å²) in [5.74, 6) is 1.03. The summed E-state index contributed by atoms with van der Waals surface area (Å²) < 4.78 is 1.84. The lowest BCUT2D eigenvalue weighted by molar-refractivity contribution is -0.123. The molecule has 0 spiro atoms.